The molecule has 0 saturated heterocycles. The number of nitrogens with one attached hydrogen (secondary N) is 1. The fraction of sp³-hybridized carbons (Fsp3) is 0.533. The van der Waals surface area contributed by atoms with Crippen molar-refractivity contribution in [3.05, 3.63) is 26.6 Å². The summed E-state index contributed by atoms with van der Waals surface area (Å²) in [7, 11) is 1.76. The third-order valence-corrected chi connectivity index (χ3v) is 4.23. The highest BCUT2D eigenvalue weighted by Gasteiger charge is 2.13. The zero-order valence-corrected chi connectivity index (χ0v) is 15.9. The Balaban J connectivity index is 2.69. The summed E-state index contributed by atoms with van der Waals surface area (Å²) in [6.07, 6.45) is 1.11. The molecule has 0 aromatic heterocycles. The van der Waals surface area contributed by atoms with E-state index in [2.05, 4.69) is 44.1 Å². The molecule has 1 rings (SSSR count). The SMILES string of the molecule is CCCNCc1cc(Br)c(OCC(=O)N(C)CC)c(Br)c1. The molecule has 6 heteroatoms. The van der Waals surface area contributed by atoms with Crippen LogP contribution < -0.4 is 10.1 Å². The quantitative estimate of drug-likeness (QED) is 0.652. The van der Waals surface area contributed by atoms with Gasteiger partial charge in [0.15, 0.2) is 6.61 Å². The van der Waals surface area contributed by atoms with Crippen molar-refractivity contribution in [3.63, 3.8) is 0 Å². The lowest BCUT2D eigenvalue weighted by Gasteiger charge is -2.16. The normalized spacial score (nSPS) is 10.5. The van der Waals surface area contributed by atoms with Crippen LogP contribution in [0, 0.1) is 0 Å². The number of rotatable bonds is 8. The molecule has 4 nitrogen and oxygen atoms in total. The van der Waals surface area contributed by atoms with Crippen molar-refractivity contribution in [3.8, 4) is 5.75 Å². The predicted octanol–water partition coefficient (Wildman–Crippen LogP) is 3.57. The number of carbonyl (C=O) groups is 1. The van der Waals surface area contributed by atoms with Gasteiger partial charge in [-0.3, -0.25) is 4.79 Å². The summed E-state index contributed by atoms with van der Waals surface area (Å²) < 4.78 is 7.32. The highest BCUT2D eigenvalue weighted by Crippen LogP contribution is 2.34. The van der Waals surface area contributed by atoms with Gasteiger partial charge in [-0.25, -0.2) is 0 Å². The minimum absolute atomic E-state index is 0.0367. The topological polar surface area (TPSA) is 41.6 Å². The van der Waals surface area contributed by atoms with Crippen molar-refractivity contribution in [2.45, 2.75) is 26.8 Å². The summed E-state index contributed by atoms with van der Waals surface area (Å²) in [6, 6.07) is 4.02. The molecule has 21 heavy (non-hydrogen) atoms. The van der Waals surface area contributed by atoms with Crippen LogP contribution in [0.5, 0.6) is 5.75 Å². The highest BCUT2D eigenvalue weighted by atomic mass is 79.9. The molecule has 0 atom stereocenters. The van der Waals surface area contributed by atoms with Gasteiger partial charge in [0.25, 0.3) is 5.91 Å². The molecule has 1 aromatic rings. The largest absolute Gasteiger partial charge is 0.481 e. The monoisotopic (exact) mass is 420 g/mol. The lowest BCUT2D eigenvalue weighted by atomic mass is 10.2. The molecule has 0 unspecified atom stereocenters. The molecule has 0 saturated carbocycles. The Morgan fingerprint density at radius 2 is 1.90 bits per heavy atom. The summed E-state index contributed by atoms with van der Waals surface area (Å²) in [5.74, 6) is 0.622. The standard InChI is InChI=1S/C15H22Br2N2O2/c1-4-6-18-9-11-7-12(16)15(13(17)8-11)21-10-14(20)19(3)5-2/h7-8,18H,4-6,9-10H2,1-3H3. The summed E-state index contributed by atoms with van der Waals surface area (Å²) in [5, 5.41) is 3.35. The van der Waals surface area contributed by atoms with Gasteiger partial charge in [-0.15, -0.1) is 0 Å². The van der Waals surface area contributed by atoms with E-state index in [1.807, 2.05) is 19.1 Å². The molecule has 0 spiro atoms. The Kier molecular flexibility index (Phi) is 8.29. The van der Waals surface area contributed by atoms with Crippen LogP contribution in [-0.4, -0.2) is 37.6 Å². The minimum atomic E-state index is -0.0370. The maximum absolute atomic E-state index is 11.8. The number of hydrogen-bond donors (Lipinski definition) is 1. The molecular weight excluding hydrogens is 400 g/mol. The third-order valence-electron chi connectivity index (χ3n) is 3.05. The fourth-order valence-corrected chi connectivity index (χ4v) is 3.19. The molecule has 1 aromatic carbocycles. The Hall–Kier alpha value is -0.590. The van der Waals surface area contributed by atoms with Gasteiger partial charge in [-0.1, -0.05) is 6.92 Å². The lowest BCUT2D eigenvalue weighted by molar-refractivity contribution is -0.131. The van der Waals surface area contributed by atoms with Crippen LogP contribution in [0.2, 0.25) is 0 Å². The first-order chi connectivity index (χ1) is 9.99. The highest BCUT2D eigenvalue weighted by molar-refractivity contribution is 9.11. The van der Waals surface area contributed by atoms with Crippen molar-refractivity contribution < 1.29 is 9.53 Å². The zero-order valence-electron chi connectivity index (χ0n) is 12.7. The number of amides is 1. The maximum atomic E-state index is 11.8. The average molecular weight is 422 g/mol. The van der Waals surface area contributed by atoms with Gasteiger partial charge in [0.2, 0.25) is 0 Å². The van der Waals surface area contributed by atoms with Gasteiger partial charge in [-0.05, 0) is 69.4 Å². The van der Waals surface area contributed by atoms with Crippen molar-refractivity contribution in [1.29, 1.82) is 0 Å². The molecule has 118 valence electrons. The van der Waals surface area contributed by atoms with Gasteiger partial charge in [0.05, 0.1) is 8.95 Å². The van der Waals surface area contributed by atoms with Gasteiger partial charge in [-0.2, -0.15) is 0 Å². The molecule has 0 aliphatic carbocycles. The first-order valence-electron chi connectivity index (χ1n) is 7.05. The Morgan fingerprint density at radius 3 is 2.43 bits per heavy atom. The molecule has 0 fully saturated rings. The van der Waals surface area contributed by atoms with E-state index >= 15 is 0 Å². The van der Waals surface area contributed by atoms with E-state index in [1.54, 1.807) is 11.9 Å². The number of ether oxygens (including phenoxy) is 1. The molecule has 0 heterocycles. The van der Waals surface area contributed by atoms with Crippen LogP contribution in [0.15, 0.2) is 21.1 Å². The Bertz CT molecular complexity index is 458. The third kappa shape index (κ3) is 5.96. The number of likely N-dealkylation sites (N-methyl/N-ethyl adjacent to an activating group) is 1. The fourth-order valence-electron chi connectivity index (χ4n) is 1.68. The summed E-state index contributed by atoms with van der Waals surface area (Å²) in [5.41, 5.74) is 1.16. The van der Waals surface area contributed by atoms with E-state index in [9.17, 15) is 4.79 Å². The van der Waals surface area contributed by atoms with Crippen molar-refractivity contribution in [2.24, 2.45) is 0 Å². The van der Waals surface area contributed by atoms with E-state index in [4.69, 9.17) is 4.74 Å². The Morgan fingerprint density at radius 1 is 1.29 bits per heavy atom. The van der Waals surface area contributed by atoms with E-state index in [1.165, 1.54) is 0 Å². The van der Waals surface area contributed by atoms with Crippen LogP contribution in [0.25, 0.3) is 0 Å². The van der Waals surface area contributed by atoms with Crippen LogP contribution in [0.4, 0.5) is 0 Å². The first kappa shape index (κ1) is 18.5. The second kappa shape index (κ2) is 9.43. The molecule has 0 radical (unpaired) electrons. The minimum Gasteiger partial charge on any atom is -0.481 e. The van der Waals surface area contributed by atoms with Crippen molar-refractivity contribution in [1.82, 2.24) is 10.2 Å². The lowest BCUT2D eigenvalue weighted by Crippen LogP contribution is -2.31. The molecular formula is C15H22Br2N2O2. The number of nitrogens with zero attached hydrogens (tertiary/aromatic N) is 1. The van der Waals surface area contributed by atoms with Gasteiger partial charge >= 0.3 is 0 Å². The van der Waals surface area contributed by atoms with E-state index in [-0.39, 0.29) is 12.5 Å². The first-order valence-corrected chi connectivity index (χ1v) is 8.63. The van der Waals surface area contributed by atoms with E-state index in [0.29, 0.717) is 12.3 Å². The van der Waals surface area contributed by atoms with Crippen LogP contribution in [0.3, 0.4) is 0 Å². The van der Waals surface area contributed by atoms with Crippen LogP contribution in [-0.2, 0) is 11.3 Å². The molecule has 0 aliphatic heterocycles. The smallest absolute Gasteiger partial charge is 0.260 e. The Labute approximate surface area is 143 Å². The van der Waals surface area contributed by atoms with Gasteiger partial charge in [0.1, 0.15) is 5.75 Å². The summed E-state index contributed by atoms with van der Waals surface area (Å²) in [6.45, 7) is 6.58. The predicted molar refractivity (Wildman–Crippen MR) is 92.6 cm³/mol. The second-order valence-corrected chi connectivity index (χ2v) is 6.47. The van der Waals surface area contributed by atoms with Crippen molar-refractivity contribution in [2.75, 3.05) is 26.7 Å². The zero-order chi connectivity index (χ0) is 15.8. The van der Waals surface area contributed by atoms with Gasteiger partial charge < -0.3 is 15.0 Å². The maximum Gasteiger partial charge on any atom is 0.260 e. The van der Waals surface area contributed by atoms with Gasteiger partial charge in [0, 0.05) is 20.1 Å². The number of halogens is 2. The summed E-state index contributed by atoms with van der Waals surface area (Å²) in [4.78, 5) is 13.4. The molecule has 1 N–H and O–H groups in total. The van der Waals surface area contributed by atoms with Crippen LogP contribution in [0.1, 0.15) is 25.8 Å². The van der Waals surface area contributed by atoms with Crippen LogP contribution >= 0.6 is 31.9 Å². The number of hydrogen-bond acceptors (Lipinski definition) is 3. The molecule has 0 bridgehead atoms. The molecule has 0 aliphatic rings. The molecule has 1 amide bonds. The van der Waals surface area contributed by atoms with E-state index in [0.717, 1.165) is 34.0 Å². The van der Waals surface area contributed by atoms with Crippen molar-refractivity contribution >= 4 is 37.8 Å². The summed E-state index contributed by atoms with van der Waals surface area (Å²) >= 11 is 7.01. The van der Waals surface area contributed by atoms with E-state index < -0.39 is 0 Å². The average Bonchev–Trinajstić information content (AvgIpc) is 2.45. The second-order valence-electron chi connectivity index (χ2n) is 4.76. The number of carbonyl (C=O) groups excluding carboxylic acids is 1. The number of benzene rings is 1.